The van der Waals surface area contributed by atoms with Crippen LogP contribution in [0, 0.1) is 0 Å². The first-order chi connectivity index (χ1) is 11.1. The lowest BCUT2D eigenvalue weighted by atomic mass is 10.1. The number of para-hydroxylation sites is 1. The monoisotopic (exact) mass is 352 g/mol. The van der Waals surface area contributed by atoms with Crippen molar-refractivity contribution >= 4 is 17.6 Å². The first kappa shape index (κ1) is 27.4. The van der Waals surface area contributed by atoms with Crippen molar-refractivity contribution in [2.45, 2.75) is 40.2 Å². The largest absolute Gasteiger partial charge is 0.412 e. The number of allylic oxidation sites excluding steroid dienone is 4. The van der Waals surface area contributed by atoms with Gasteiger partial charge in [0.15, 0.2) is 0 Å². The maximum absolute atomic E-state index is 4.50. The van der Waals surface area contributed by atoms with E-state index in [0.717, 1.165) is 5.57 Å². The highest BCUT2D eigenvalue weighted by Gasteiger charge is 2.24. The van der Waals surface area contributed by atoms with Crippen molar-refractivity contribution < 1.29 is 5.48 Å². The SMILES string of the molecule is C=C/C=C(/C)C=C.CC.CN.CSN1c2ccccc2CC1C.O. The van der Waals surface area contributed by atoms with Crippen LogP contribution in [0.15, 0.2) is 61.2 Å². The highest BCUT2D eigenvalue weighted by atomic mass is 32.2. The van der Waals surface area contributed by atoms with Crippen molar-refractivity contribution in [3.8, 4) is 0 Å². The Morgan fingerprint density at radius 2 is 1.79 bits per heavy atom. The molecule has 1 aliphatic heterocycles. The molecule has 1 aliphatic rings. The minimum Gasteiger partial charge on any atom is -0.412 e. The van der Waals surface area contributed by atoms with Crippen molar-refractivity contribution in [3.63, 3.8) is 0 Å². The zero-order valence-corrected chi connectivity index (χ0v) is 17.0. The van der Waals surface area contributed by atoms with Gasteiger partial charge in [-0.05, 0) is 38.9 Å². The molecule has 0 saturated heterocycles. The van der Waals surface area contributed by atoms with Gasteiger partial charge in [0.05, 0.1) is 5.69 Å². The number of hydrogen-bond donors (Lipinski definition) is 1. The Balaban J connectivity index is -0.000000321. The van der Waals surface area contributed by atoms with Crippen molar-refractivity contribution in [2.24, 2.45) is 5.73 Å². The van der Waals surface area contributed by atoms with E-state index in [0.29, 0.717) is 6.04 Å². The third-order valence-electron chi connectivity index (χ3n) is 3.04. The lowest BCUT2D eigenvalue weighted by molar-refractivity contribution is 0.795. The predicted octanol–water partition coefficient (Wildman–Crippen LogP) is 4.80. The first-order valence-corrected chi connectivity index (χ1v) is 9.23. The molecule has 1 heterocycles. The average Bonchev–Trinajstić information content (AvgIpc) is 2.94. The van der Waals surface area contributed by atoms with E-state index in [1.54, 1.807) is 12.2 Å². The summed E-state index contributed by atoms with van der Waals surface area (Å²) in [5.41, 5.74) is 8.53. The topological polar surface area (TPSA) is 60.8 Å². The maximum Gasteiger partial charge on any atom is 0.0505 e. The van der Waals surface area contributed by atoms with Crippen LogP contribution in [-0.2, 0) is 6.42 Å². The fourth-order valence-electron chi connectivity index (χ4n) is 2.07. The Morgan fingerprint density at radius 1 is 1.25 bits per heavy atom. The summed E-state index contributed by atoms with van der Waals surface area (Å²) in [7, 11) is 1.50. The number of fused-ring (bicyclic) bond motifs is 1. The quantitative estimate of drug-likeness (QED) is 0.628. The normalized spacial score (nSPS) is 14.2. The molecular weight excluding hydrogens is 316 g/mol. The number of nitrogens with zero attached hydrogens (tertiary/aromatic N) is 1. The number of nitrogens with two attached hydrogens (primary N) is 1. The van der Waals surface area contributed by atoms with Crippen LogP contribution in [0.5, 0.6) is 0 Å². The molecule has 0 aliphatic carbocycles. The zero-order valence-electron chi connectivity index (χ0n) is 16.2. The highest BCUT2D eigenvalue weighted by Crippen LogP contribution is 2.35. The van der Waals surface area contributed by atoms with Crippen molar-refractivity contribution in [1.29, 1.82) is 0 Å². The van der Waals surface area contributed by atoms with Gasteiger partial charge in [-0.2, -0.15) is 0 Å². The van der Waals surface area contributed by atoms with Crippen LogP contribution in [0.25, 0.3) is 0 Å². The standard InChI is InChI=1S/C10H13NS.C7H10.C2H6.CH5N.H2O/c1-8-7-9-5-3-4-6-10(9)11(8)12-2;1-4-6-7(3)5-2;2*1-2;/h3-6,8H,7H2,1-2H3;4-6H,1-2H2,3H3;1-2H3;2H2,1H3;1H2/b;7-6-;;;. The van der Waals surface area contributed by atoms with Crippen LogP contribution < -0.4 is 10.0 Å². The summed E-state index contributed by atoms with van der Waals surface area (Å²) in [6.07, 6.45) is 8.78. The lowest BCUT2D eigenvalue weighted by Gasteiger charge is -2.20. The first-order valence-electron chi connectivity index (χ1n) is 8.04. The molecule has 1 unspecified atom stereocenters. The fourth-order valence-corrected chi connectivity index (χ4v) is 2.88. The molecule has 0 fully saturated rings. The number of rotatable bonds is 3. The van der Waals surface area contributed by atoms with Crippen LogP contribution in [0.3, 0.4) is 0 Å². The van der Waals surface area contributed by atoms with E-state index in [1.165, 1.54) is 24.7 Å². The molecule has 2 rings (SSSR count). The minimum absolute atomic E-state index is 0. The third-order valence-corrected chi connectivity index (χ3v) is 3.99. The Labute approximate surface area is 153 Å². The van der Waals surface area contributed by atoms with Crippen LogP contribution in [0.4, 0.5) is 5.69 Å². The second-order valence-corrected chi connectivity index (χ2v) is 5.30. The molecule has 138 valence electrons. The molecule has 0 amide bonds. The van der Waals surface area contributed by atoms with Gasteiger partial charge in [-0.1, -0.05) is 81.0 Å². The molecule has 4 heteroatoms. The molecule has 0 spiro atoms. The molecule has 0 bridgehead atoms. The summed E-state index contributed by atoms with van der Waals surface area (Å²) in [4.78, 5) is 0. The Hall–Kier alpha value is -1.49. The molecule has 1 aromatic rings. The summed E-state index contributed by atoms with van der Waals surface area (Å²) in [6, 6.07) is 9.31. The highest BCUT2D eigenvalue weighted by molar-refractivity contribution is 8.00. The van der Waals surface area contributed by atoms with Crippen molar-refractivity contribution in [2.75, 3.05) is 17.6 Å². The smallest absolute Gasteiger partial charge is 0.0505 e. The molecule has 1 aromatic carbocycles. The van der Waals surface area contributed by atoms with Gasteiger partial charge in [-0.3, -0.25) is 0 Å². The van der Waals surface area contributed by atoms with Gasteiger partial charge in [0, 0.05) is 12.3 Å². The molecule has 3 nitrogen and oxygen atoms in total. The summed E-state index contributed by atoms with van der Waals surface area (Å²) in [5.74, 6) is 0. The van der Waals surface area contributed by atoms with Crippen molar-refractivity contribution in [1.82, 2.24) is 0 Å². The Morgan fingerprint density at radius 3 is 2.21 bits per heavy atom. The van der Waals surface area contributed by atoms with Crippen LogP contribution >= 0.6 is 11.9 Å². The Bertz CT molecular complexity index is 472. The number of hydrogen-bond acceptors (Lipinski definition) is 3. The van der Waals surface area contributed by atoms with Crippen LogP contribution in [-0.4, -0.2) is 24.8 Å². The molecule has 1 atom stereocenters. The van der Waals surface area contributed by atoms with Gasteiger partial charge < -0.3 is 15.5 Å². The molecular formula is C20H36N2OS. The fraction of sp³-hybridized carbons (Fsp3) is 0.400. The average molecular weight is 353 g/mol. The zero-order chi connectivity index (χ0) is 18.3. The lowest BCUT2D eigenvalue weighted by Crippen LogP contribution is -2.20. The summed E-state index contributed by atoms with van der Waals surface area (Å²) < 4.78 is 2.38. The summed E-state index contributed by atoms with van der Waals surface area (Å²) in [6.45, 7) is 15.3. The Kier molecular flexibility index (Phi) is 20.4. The predicted molar refractivity (Wildman–Crippen MR) is 115 cm³/mol. The van der Waals surface area contributed by atoms with Gasteiger partial charge in [-0.25, -0.2) is 0 Å². The van der Waals surface area contributed by atoms with Gasteiger partial charge >= 0.3 is 0 Å². The number of benzene rings is 1. The van der Waals surface area contributed by atoms with E-state index in [4.69, 9.17) is 0 Å². The molecule has 24 heavy (non-hydrogen) atoms. The van der Waals surface area contributed by atoms with Gasteiger partial charge in [0.2, 0.25) is 0 Å². The molecule has 0 saturated carbocycles. The van der Waals surface area contributed by atoms with E-state index in [9.17, 15) is 0 Å². The van der Waals surface area contributed by atoms with Gasteiger partial charge in [0.1, 0.15) is 0 Å². The third kappa shape index (κ3) is 9.60. The second-order valence-electron chi connectivity index (χ2n) is 4.54. The summed E-state index contributed by atoms with van der Waals surface area (Å²) in [5, 5.41) is 0. The van der Waals surface area contributed by atoms with E-state index >= 15 is 0 Å². The van der Waals surface area contributed by atoms with E-state index in [1.807, 2.05) is 38.8 Å². The van der Waals surface area contributed by atoms with Gasteiger partial charge in [-0.15, -0.1) is 0 Å². The second kappa shape index (κ2) is 17.9. The molecule has 0 radical (unpaired) electrons. The summed E-state index contributed by atoms with van der Waals surface area (Å²) >= 11 is 1.82. The maximum atomic E-state index is 4.50. The van der Waals surface area contributed by atoms with E-state index in [2.05, 4.69) is 60.6 Å². The van der Waals surface area contributed by atoms with E-state index in [-0.39, 0.29) is 5.48 Å². The number of anilines is 1. The minimum atomic E-state index is 0. The molecule has 0 aromatic heterocycles. The van der Waals surface area contributed by atoms with Crippen molar-refractivity contribution in [3.05, 3.63) is 66.8 Å². The van der Waals surface area contributed by atoms with Crippen LogP contribution in [0.1, 0.15) is 33.3 Å². The van der Waals surface area contributed by atoms with Crippen LogP contribution in [0.2, 0.25) is 0 Å². The molecule has 4 N–H and O–H groups in total. The van der Waals surface area contributed by atoms with E-state index < -0.39 is 0 Å². The van der Waals surface area contributed by atoms with Gasteiger partial charge in [0.25, 0.3) is 0 Å².